The largest absolute Gasteiger partial charge is 0.497 e. The lowest BCUT2D eigenvalue weighted by Crippen LogP contribution is -2.28. The highest BCUT2D eigenvalue weighted by Crippen LogP contribution is 2.36. The van der Waals surface area contributed by atoms with Crippen LogP contribution in [-0.2, 0) is 20.1 Å². The molecule has 1 aliphatic heterocycles. The van der Waals surface area contributed by atoms with Gasteiger partial charge in [0.2, 0.25) is 0 Å². The molecule has 0 bridgehead atoms. The Bertz CT molecular complexity index is 692. The molecule has 0 spiro atoms. The van der Waals surface area contributed by atoms with E-state index in [9.17, 15) is 0 Å². The number of fused-ring (bicyclic) bond motifs is 1. The quantitative estimate of drug-likeness (QED) is 0.939. The average Bonchev–Trinajstić information content (AvgIpc) is 2.98. The number of aromatic nitrogens is 2. The third kappa shape index (κ3) is 2.40. The van der Waals surface area contributed by atoms with Gasteiger partial charge >= 0.3 is 0 Å². The number of aryl methyl sites for hydroxylation is 2. The van der Waals surface area contributed by atoms with Gasteiger partial charge in [0.1, 0.15) is 5.75 Å². The van der Waals surface area contributed by atoms with Crippen LogP contribution >= 0.6 is 0 Å². The lowest BCUT2D eigenvalue weighted by atomic mass is 10.0. The van der Waals surface area contributed by atoms with Crippen LogP contribution in [0.3, 0.4) is 0 Å². The van der Waals surface area contributed by atoms with E-state index in [1.165, 1.54) is 22.4 Å². The summed E-state index contributed by atoms with van der Waals surface area (Å²) in [7, 11) is 3.70. The van der Waals surface area contributed by atoms with Gasteiger partial charge in [-0.25, -0.2) is 0 Å². The Balaban J connectivity index is 1.90. The lowest BCUT2D eigenvalue weighted by molar-refractivity contribution is 0.210. The summed E-state index contributed by atoms with van der Waals surface area (Å²) in [5, 5.41) is 4.52. The fourth-order valence-corrected chi connectivity index (χ4v) is 3.37. The van der Waals surface area contributed by atoms with Gasteiger partial charge in [-0.05, 0) is 37.1 Å². The minimum Gasteiger partial charge on any atom is -0.497 e. The van der Waals surface area contributed by atoms with Crippen molar-refractivity contribution >= 4 is 0 Å². The van der Waals surface area contributed by atoms with E-state index >= 15 is 0 Å². The summed E-state index contributed by atoms with van der Waals surface area (Å²) in [5.74, 6) is 0.896. The zero-order valence-corrected chi connectivity index (χ0v) is 13.8. The molecular formula is C17H24N4O. The predicted octanol–water partition coefficient (Wildman–Crippen LogP) is 2.06. The summed E-state index contributed by atoms with van der Waals surface area (Å²) >= 11 is 0. The molecule has 0 amide bonds. The molecular weight excluding hydrogens is 276 g/mol. The van der Waals surface area contributed by atoms with Crippen molar-refractivity contribution in [1.82, 2.24) is 14.7 Å². The Morgan fingerprint density at radius 3 is 2.73 bits per heavy atom. The molecule has 1 atom stereocenters. The Hall–Kier alpha value is -1.85. The normalized spacial score (nSPS) is 17.8. The minimum atomic E-state index is 0.240. The van der Waals surface area contributed by atoms with Gasteiger partial charge < -0.3 is 10.5 Å². The van der Waals surface area contributed by atoms with Crippen molar-refractivity contribution in [3.63, 3.8) is 0 Å². The topological polar surface area (TPSA) is 56.3 Å². The maximum Gasteiger partial charge on any atom is 0.119 e. The maximum atomic E-state index is 6.06. The molecule has 1 aromatic carbocycles. The summed E-state index contributed by atoms with van der Waals surface area (Å²) in [5.41, 5.74) is 12.3. The SMILES string of the molecule is COc1ccc2c(c1)C(CN)N(Cc1c(C)nn(C)c1C)C2. The molecule has 22 heavy (non-hydrogen) atoms. The van der Waals surface area contributed by atoms with Crippen LogP contribution in [0.1, 0.15) is 34.1 Å². The number of nitrogens with two attached hydrogens (primary N) is 1. The first kappa shape index (κ1) is 15.1. The van der Waals surface area contributed by atoms with Crippen LogP contribution in [0.25, 0.3) is 0 Å². The molecule has 5 nitrogen and oxygen atoms in total. The van der Waals surface area contributed by atoms with E-state index in [1.807, 2.05) is 17.8 Å². The first-order valence-electron chi connectivity index (χ1n) is 7.65. The second-order valence-corrected chi connectivity index (χ2v) is 5.99. The standard InChI is InChI=1S/C17H24N4O/c1-11-16(12(2)20(3)19-11)10-21-9-13-5-6-14(22-4)7-15(13)17(21)8-18/h5-7,17H,8-10,18H2,1-4H3. The smallest absolute Gasteiger partial charge is 0.119 e. The number of methoxy groups -OCH3 is 1. The summed E-state index contributed by atoms with van der Waals surface area (Å²) in [6, 6.07) is 6.54. The van der Waals surface area contributed by atoms with Gasteiger partial charge in [0.05, 0.1) is 12.8 Å². The summed E-state index contributed by atoms with van der Waals surface area (Å²) in [6.45, 7) is 6.61. The highest BCUT2D eigenvalue weighted by atomic mass is 16.5. The third-order valence-corrected chi connectivity index (χ3v) is 4.77. The van der Waals surface area contributed by atoms with Gasteiger partial charge in [-0.3, -0.25) is 9.58 Å². The van der Waals surface area contributed by atoms with Gasteiger partial charge in [0, 0.05) is 44.0 Å². The fraction of sp³-hybridized carbons (Fsp3) is 0.471. The first-order chi connectivity index (χ1) is 10.5. The number of benzene rings is 1. The molecule has 0 saturated carbocycles. The van der Waals surface area contributed by atoms with Crippen LogP contribution in [0.2, 0.25) is 0 Å². The Labute approximate surface area is 131 Å². The van der Waals surface area contributed by atoms with Crippen LogP contribution in [0.4, 0.5) is 0 Å². The molecule has 2 heterocycles. The van der Waals surface area contributed by atoms with E-state index in [4.69, 9.17) is 10.5 Å². The highest BCUT2D eigenvalue weighted by molar-refractivity contribution is 5.41. The van der Waals surface area contributed by atoms with Gasteiger partial charge in [0.15, 0.2) is 0 Å². The molecule has 1 unspecified atom stereocenters. The van der Waals surface area contributed by atoms with Crippen molar-refractivity contribution in [3.05, 3.63) is 46.3 Å². The van der Waals surface area contributed by atoms with Gasteiger partial charge in [-0.2, -0.15) is 5.10 Å². The van der Waals surface area contributed by atoms with E-state index in [-0.39, 0.29) is 6.04 Å². The van der Waals surface area contributed by atoms with E-state index < -0.39 is 0 Å². The second kappa shape index (κ2) is 5.74. The van der Waals surface area contributed by atoms with Crippen molar-refractivity contribution in [2.45, 2.75) is 33.0 Å². The van der Waals surface area contributed by atoms with Crippen LogP contribution < -0.4 is 10.5 Å². The van der Waals surface area contributed by atoms with E-state index in [2.05, 4.69) is 36.0 Å². The summed E-state index contributed by atoms with van der Waals surface area (Å²) in [4.78, 5) is 2.43. The van der Waals surface area contributed by atoms with Crippen LogP contribution in [0.5, 0.6) is 5.75 Å². The minimum absolute atomic E-state index is 0.240. The lowest BCUT2D eigenvalue weighted by Gasteiger charge is -2.24. The Morgan fingerprint density at radius 1 is 1.36 bits per heavy atom. The van der Waals surface area contributed by atoms with E-state index in [0.717, 1.165) is 24.5 Å². The number of rotatable bonds is 4. The van der Waals surface area contributed by atoms with Crippen molar-refractivity contribution in [1.29, 1.82) is 0 Å². The summed E-state index contributed by atoms with van der Waals surface area (Å²) < 4.78 is 7.31. The Kier molecular flexibility index (Phi) is 3.93. The fourth-order valence-electron chi connectivity index (χ4n) is 3.37. The number of hydrogen-bond acceptors (Lipinski definition) is 4. The van der Waals surface area contributed by atoms with Crippen molar-refractivity contribution < 1.29 is 4.74 Å². The first-order valence-corrected chi connectivity index (χ1v) is 7.65. The zero-order valence-electron chi connectivity index (χ0n) is 13.8. The second-order valence-electron chi connectivity index (χ2n) is 5.99. The number of ether oxygens (including phenoxy) is 1. The third-order valence-electron chi connectivity index (χ3n) is 4.77. The molecule has 1 aliphatic rings. The maximum absolute atomic E-state index is 6.06. The highest BCUT2D eigenvalue weighted by Gasteiger charge is 2.30. The number of hydrogen-bond donors (Lipinski definition) is 1. The van der Waals surface area contributed by atoms with Crippen LogP contribution in [0.15, 0.2) is 18.2 Å². The van der Waals surface area contributed by atoms with Crippen LogP contribution in [-0.4, -0.2) is 28.3 Å². The van der Waals surface area contributed by atoms with E-state index in [0.29, 0.717) is 6.54 Å². The van der Waals surface area contributed by atoms with Gasteiger partial charge in [0.25, 0.3) is 0 Å². The molecule has 0 radical (unpaired) electrons. The average molecular weight is 300 g/mol. The van der Waals surface area contributed by atoms with Crippen LogP contribution in [0, 0.1) is 13.8 Å². The molecule has 118 valence electrons. The van der Waals surface area contributed by atoms with Gasteiger partial charge in [-0.1, -0.05) is 6.07 Å². The Morgan fingerprint density at radius 2 is 2.14 bits per heavy atom. The predicted molar refractivity (Wildman–Crippen MR) is 86.7 cm³/mol. The van der Waals surface area contributed by atoms with Crippen molar-refractivity contribution in [2.75, 3.05) is 13.7 Å². The van der Waals surface area contributed by atoms with E-state index in [1.54, 1.807) is 7.11 Å². The molecule has 0 aliphatic carbocycles. The molecule has 3 rings (SSSR count). The zero-order chi connectivity index (χ0) is 15.9. The molecule has 0 saturated heterocycles. The molecule has 2 N–H and O–H groups in total. The molecule has 5 heteroatoms. The van der Waals surface area contributed by atoms with Crippen molar-refractivity contribution in [3.8, 4) is 5.75 Å². The summed E-state index contributed by atoms with van der Waals surface area (Å²) in [6.07, 6.45) is 0. The monoisotopic (exact) mass is 300 g/mol. The van der Waals surface area contributed by atoms with Gasteiger partial charge in [-0.15, -0.1) is 0 Å². The molecule has 2 aromatic rings. The van der Waals surface area contributed by atoms with Crippen molar-refractivity contribution in [2.24, 2.45) is 12.8 Å². The molecule has 1 aromatic heterocycles. The number of nitrogens with zero attached hydrogens (tertiary/aromatic N) is 3. The molecule has 0 fully saturated rings.